The molecule has 0 saturated heterocycles. The van der Waals surface area contributed by atoms with Crippen molar-refractivity contribution >= 4 is 17.7 Å². The van der Waals surface area contributed by atoms with E-state index in [2.05, 4.69) is 10.2 Å². The van der Waals surface area contributed by atoms with Gasteiger partial charge in [-0.2, -0.15) is 0 Å². The summed E-state index contributed by atoms with van der Waals surface area (Å²) >= 11 is 1.31. The zero-order chi connectivity index (χ0) is 19.2. The number of ether oxygens (including phenoxy) is 1. The van der Waals surface area contributed by atoms with Gasteiger partial charge < -0.3 is 14.1 Å². The van der Waals surface area contributed by atoms with Crippen molar-refractivity contribution in [1.82, 2.24) is 15.1 Å². The topological polar surface area (TPSA) is 68.5 Å². The van der Waals surface area contributed by atoms with E-state index in [-0.39, 0.29) is 11.2 Å². The van der Waals surface area contributed by atoms with Gasteiger partial charge in [0.15, 0.2) is 0 Å². The van der Waals surface area contributed by atoms with Crippen molar-refractivity contribution in [2.75, 3.05) is 13.7 Å². The fourth-order valence-electron chi connectivity index (χ4n) is 3.37. The van der Waals surface area contributed by atoms with E-state index in [1.807, 2.05) is 50.1 Å². The first-order chi connectivity index (χ1) is 13.1. The molecule has 3 rings (SSSR count). The normalized spacial score (nSPS) is 16.1. The molecule has 1 saturated carbocycles. The van der Waals surface area contributed by atoms with Crippen molar-refractivity contribution in [3.8, 4) is 17.2 Å². The maximum Gasteiger partial charge on any atom is 0.277 e. The summed E-state index contributed by atoms with van der Waals surface area (Å²) in [5.74, 6) is 1.37. The molecule has 1 aliphatic carbocycles. The predicted molar refractivity (Wildman–Crippen MR) is 106 cm³/mol. The first kappa shape index (κ1) is 19.7. The Labute approximate surface area is 164 Å². The molecule has 1 aromatic carbocycles. The second-order valence-corrected chi connectivity index (χ2v) is 8.12. The van der Waals surface area contributed by atoms with Crippen molar-refractivity contribution in [3.05, 3.63) is 24.3 Å². The summed E-state index contributed by atoms with van der Waals surface area (Å²) in [6.45, 7) is 4.47. The molecule has 0 N–H and O–H groups in total. The Hall–Kier alpha value is -2.02. The third-order valence-electron chi connectivity index (χ3n) is 4.91. The molecule has 1 heterocycles. The molecule has 2 aromatic rings. The Morgan fingerprint density at radius 1 is 1.26 bits per heavy atom. The maximum atomic E-state index is 12.7. The molecule has 0 unspecified atom stereocenters. The molecule has 0 bridgehead atoms. The lowest BCUT2D eigenvalue weighted by Crippen LogP contribution is -2.42. The summed E-state index contributed by atoms with van der Waals surface area (Å²) < 4.78 is 11.2. The molecular formula is C20H27N3O3S. The van der Waals surface area contributed by atoms with Crippen LogP contribution in [0.4, 0.5) is 0 Å². The van der Waals surface area contributed by atoms with Crippen LogP contribution >= 0.6 is 11.8 Å². The quantitative estimate of drug-likeness (QED) is 0.654. The molecular weight excluding hydrogens is 362 g/mol. The molecule has 6 nitrogen and oxygen atoms in total. The van der Waals surface area contributed by atoms with Crippen LogP contribution in [0.3, 0.4) is 0 Å². The molecule has 1 amide bonds. The summed E-state index contributed by atoms with van der Waals surface area (Å²) in [5, 5.41) is 8.35. The number of carbonyl (C=O) groups excluding carboxylic acids is 1. The molecule has 0 spiro atoms. The number of carbonyl (C=O) groups is 1. The summed E-state index contributed by atoms with van der Waals surface area (Å²) in [6.07, 6.45) is 5.89. The van der Waals surface area contributed by atoms with E-state index in [0.29, 0.717) is 23.8 Å². The van der Waals surface area contributed by atoms with Crippen LogP contribution in [0.15, 0.2) is 33.9 Å². The summed E-state index contributed by atoms with van der Waals surface area (Å²) in [4.78, 5) is 14.6. The highest BCUT2D eigenvalue weighted by Gasteiger charge is 2.27. The van der Waals surface area contributed by atoms with Crippen molar-refractivity contribution in [2.24, 2.45) is 0 Å². The van der Waals surface area contributed by atoms with Crippen molar-refractivity contribution in [2.45, 2.75) is 62.5 Å². The Morgan fingerprint density at radius 3 is 2.63 bits per heavy atom. The lowest BCUT2D eigenvalue weighted by Gasteiger charge is -2.32. The molecule has 1 atom stereocenters. The van der Waals surface area contributed by atoms with Crippen molar-refractivity contribution < 1.29 is 13.9 Å². The van der Waals surface area contributed by atoms with Gasteiger partial charge in [0.05, 0.1) is 11.9 Å². The SMILES string of the molecule is CCOc1ccc(-c2nnc(S[C@H](C)C(=O)N(C)C3CCCCC3)o2)cc1. The highest BCUT2D eigenvalue weighted by atomic mass is 32.2. The van der Waals surface area contributed by atoms with E-state index in [1.165, 1.54) is 31.0 Å². The second kappa shape index (κ2) is 9.26. The minimum atomic E-state index is -0.259. The smallest absolute Gasteiger partial charge is 0.277 e. The number of aromatic nitrogens is 2. The third kappa shape index (κ3) is 5.03. The van der Waals surface area contributed by atoms with E-state index in [0.717, 1.165) is 24.2 Å². The summed E-state index contributed by atoms with van der Waals surface area (Å²) in [5.41, 5.74) is 0.830. The van der Waals surface area contributed by atoms with Crippen LogP contribution in [0, 0.1) is 0 Å². The van der Waals surface area contributed by atoms with E-state index >= 15 is 0 Å². The molecule has 1 fully saturated rings. The van der Waals surface area contributed by atoms with Crippen LogP contribution in [-0.2, 0) is 4.79 Å². The van der Waals surface area contributed by atoms with Crippen molar-refractivity contribution in [1.29, 1.82) is 0 Å². The van der Waals surface area contributed by atoms with Crippen molar-refractivity contribution in [3.63, 3.8) is 0 Å². The molecule has 1 aromatic heterocycles. The van der Waals surface area contributed by atoms with Crippen LogP contribution in [0.5, 0.6) is 5.75 Å². The number of thioether (sulfide) groups is 1. The fourth-order valence-corrected chi connectivity index (χ4v) is 4.16. The second-order valence-electron chi connectivity index (χ2n) is 6.83. The van der Waals surface area contributed by atoms with Gasteiger partial charge in [0.2, 0.25) is 11.8 Å². The van der Waals surface area contributed by atoms with E-state index in [1.54, 1.807) is 0 Å². The van der Waals surface area contributed by atoms with E-state index < -0.39 is 0 Å². The Kier molecular flexibility index (Phi) is 6.77. The van der Waals surface area contributed by atoms with Crippen LogP contribution in [0.1, 0.15) is 46.0 Å². The first-order valence-electron chi connectivity index (χ1n) is 9.58. The average molecular weight is 390 g/mol. The molecule has 7 heteroatoms. The van der Waals surface area contributed by atoms with Gasteiger partial charge in [-0.25, -0.2) is 0 Å². The van der Waals surface area contributed by atoms with Gasteiger partial charge in [-0.05, 0) is 51.0 Å². The highest BCUT2D eigenvalue weighted by molar-refractivity contribution is 8.00. The van der Waals surface area contributed by atoms with Gasteiger partial charge in [0.1, 0.15) is 5.75 Å². The average Bonchev–Trinajstić information content (AvgIpc) is 3.16. The molecule has 0 aliphatic heterocycles. The molecule has 0 radical (unpaired) electrons. The Morgan fingerprint density at radius 2 is 1.96 bits per heavy atom. The van der Waals surface area contributed by atoms with Crippen LogP contribution < -0.4 is 4.74 Å². The van der Waals surface area contributed by atoms with Crippen LogP contribution in [-0.4, -0.2) is 46.0 Å². The minimum absolute atomic E-state index is 0.118. The maximum absolute atomic E-state index is 12.7. The van der Waals surface area contributed by atoms with Gasteiger partial charge in [-0.3, -0.25) is 4.79 Å². The summed E-state index contributed by atoms with van der Waals surface area (Å²) in [6, 6.07) is 7.88. The van der Waals surface area contributed by atoms with Crippen LogP contribution in [0.25, 0.3) is 11.5 Å². The largest absolute Gasteiger partial charge is 0.494 e. The van der Waals surface area contributed by atoms with Gasteiger partial charge in [-0.1, -0.05) is 31.0 Å². The Balaban J connectivity index is 1.60. The predicted octanol–water partition coefficient (Wildman–Crippen LogP) is 4.41. The highest BCUT2D eigenvalue weighted by Crippen LogP contribution is 2.29. The van der Waals surface area contributed by atoms with E-state index in [4.69, 9.17) is 9.15 Å². The molecule has 27 heavy (non-hydrogen) atoms. The molecule has 1 aliphatic rings. The number of hydrogen-bond donors (Lipinski definition) is 0. The number of nitrogens with zero attached hydrogens (tertiary/aromatic N) is 3. The lowest BCUT2D eigenvalue weighted by molar-refractivity contribution is -0.131. The molecule has 146 valence electrons. The lowest BCUT2D eigenvalue weighted by atomic mass is 9.94. The van der Waals surface area contributed by atoms with Gasteiger partial charge >= 0.3 is 0 Å². The third-order valence-corrected chi connectivity index (χ3v) is 5.84. The summed E-state index contributed by atoms with van der Waals surface area (Å²) in [7, 11) is 1.91. The van der Waals surface area contributed by atoms with Gasteiger partial charge in [-0.15, -0.1) is 10.2 Å². The fraction of sp³-hybridized carbons (Fsp3) is 0.550. The van der Waals surface area contributed by atoms with Crippen LogP contribution in [0.2, 0.25) is 0 Å². The number of amides is 1. The van der Waals surface area contributed by atoms with E-state index in [9.17, 15) is 4.79 Å². The number of rotatable bonds is 7. The standard InChI is InChI=1S/C20H27N3O3S/c1-4-25-17-12-10-15(11-13-17)18-21-22-20(26-18)27-14(2)19(24)23(3)16-8-6-5-7-9-16/h10-14,16H,4-9H2,1-3H3/t14-/m1/s1. The zero-order valence-corrected chi connectivity index (χ0v) is 17.0. The van der Waals surface area contributed by atoms with Gasteiger partial charge in [0, 0.05) is 18.7 Å². The first-order valence-corrected chi connectivity index (χ1v) is 10.5. The number of hydrogen-bond acceptors (Lipinski definition) is 6. The van der Waals surface area contributed by atoms with Gasteiger partial charge in [0.25, 0.3) is 5.22 Å². The minimum Gasteiger partial charge on any atom is -0.494 e. The number of benzene rings is 1. The Bertz CT molecular complexity index is 741. The zero-order valence-electron chi connectivity index (χ0n) is 16.2. The monoisotopic (exact) mass is 389 g/mol.